The van der Waals surface area contributed by atoms with Gasteiger partial charge in [-0.1, -0.05) is 60.2 Å². The van der Waals surface area contributed by atoms with Crippen LogP contribution in [0.1, 0.15) is 17.0 Å². The fraction of sp³-hybridized carbons (Fsp3) is 0.118. The molecule has 3 aromatic rings. The van der Waals surface area contributed by atoms with Gasteiger partial charge in [-0.15, -0.1) is 0 Å². The Bertz CT molecular complexity index is 651. The molecule has 1 aromatic heterocycles. The van der Waals surface area contributed by atoms with Crippen LogP contribution >= 0.6 is 0 Å². The first-order valence-corrected chi connectivity index (χ1v) is 6.46. The topological polar surface area (TPSA) is 28.7 Å². The summed E-state index contributed by atoms with van der Waals surface area (Å²) in [5.74, 6) is 1.00. The van der Waals surface area contributed by atoms with Crippen LogP contribution in [0.3, 0.4) is 0 Å². The minimum atomic E-state index is 0.840. The summed E-state index contributed by atoms with van der Waals surface area (Å²) in [4.78, 5) is 7.84. The molecule has 0 radical (unpaired) electrons. The van der Waals surface area contributed by atoms with Gasteiger partial charge in [0.05, 0.1) is 11.9 Å². The Kier molecular flexibility index (Phi) is 3.15. The molecule has 2 aromatic carbocycles. The number of aromatic nitrogens is 2. The summed E-state index contributed by atoms with van der Waals surface area (Å²) in [6.07, 6.45) is 2.74. The number of hydrogen-bond acceptors (Lipinski definition) is 1. The number of benzene rings is 2. The summed E-state index contributed by atoms with van der Waals surface area (Å²) < 4.78 is 0. The zero-order valence-corrected chi connectivity index (χ0v) is 10.9. The van der Waals surface area contributed by atoms with E-state index in [2.05, 4.69) is 53.3 Å². The van der Waals surface area contributed by atoms with Gasteiger partial charge in [0.2, 0.25) is 0 Å². The number of nitrogens with zero attached hydrogens (tertiary/aromatic N) is 1. The quantitative estimate of drug-likeness (QED) is 0.746. The molecular formula is C17H16N2. The third-order valence-corrected chi connectivity index (χ3v) is 3.21. The molecule has 2 heteroatoms. The standard InChI is InChI=1S/C17H16N2/c1-13-7-9-14(10-8-13)11-17-18-12-16(19-17)15-5-3-2-4-6-15/h2-10,12H,11H2,1H3,(H,18,19). The normalized spacial score (nSPS) is 10.6. The van der Waals surface area contributed by atoms with Crippen LogP contribution in [-0.2, 0) is 6.42 Å². The van der Waals surface area contributed by atoms with E-state index in [1.807, 2.05) is 24.4 Å². The SMILES string of the molecule is Cc1ccc(Cc2ncc(-c3ccccc3)[nH]2)cc1. The Hall–Kier alpha value is -2.35. The second-order valence-corrected chi connectivity index (χ2v) is 4.77. The van der Waals surface area contributed by atoms with Crippen LogP contribution < -0.4 is 0 Å². The number of aromatic amines is 1. The van der Waals surface area contributed by atoms with Gasteiger partial charge >= 0.3 is 0 Å². The molecule has 0 aliphatic carbocycles. The van der Waals surface area contributed by atoms with E-state index in [1.54, 1.807) is 0 Å². The number of rotatable bonds is 3. The van der Waals surface area contributed by atoms with E-state index in [9.17, 15) is 0 Å². The molecule has 0 fully saturated rings. The van der Waals surface area contributed by atoms with Crippen molar-refractivity contribution in [3.05, 3.63) is 77.7 Å². The first-order chi connectivity index (χ1) is 9.31. The van der Waals surface area contributed by atoms with Gasteiger partial charge in [0.1, 0.15) is 5.82 Å². The van der Waals surface area contributed by atoms with Crippen LogP contribution in [0.4, 0.5) is 0 Å². The molecule has 0 amide bonds. The van der Waals surface area contributed by atoms with Gasteiger partial charge in [0.25, 0.3) is 0 Å². The van der Waals surface area contributed by atoms with Gasteiger partial charge in [-0.2, -0.15) is 0 Å². The van der Waals surface area contributed by atoms with E-state index < -0.39 is 0 Å². The number of imidazole rings is 1. The molecular weight excluding hydrogens is 232 g/mol. The molecule has 0 atom stereocenters. The lowest BCUT2D eigenvalue weighted by atomic mass is 10.1. The third-order valence-electron chi connectivity index (χ3n) is 3.21. The highest BCUT2D eigenvalue weighted by Crippen LogP contribution is 2.17. The van der Waals surface area contributed by atoms with Crippen molar-refractivity contribution in [1.29, 1.82) is 0 Å². The van der Waals surface area contributed by atoms with Gasteiger partial charge in [0, 0.05) is 6.42 Å². The van der Waals surface area contributed by atoms with Crippen molar-refractivity contribution in [2.45, 2.75) is 13.3 Å². The fourth-order valence-electron chi connectivity index (χ4n) is 2.12. The number of nitrogens with one attached hydrogen (secondary N) is 1. The zero-order valence-electron chi connectivity index (χ0n) is 10.9. The van der Waals surface area contributed by atoms with Crippen LogP contribution in [0.25, 0.3) is 11.3 Å². The summed E-state index contributed by atoms with van der Waals surface area (Å²) in [5.41, 5.74) is 4.81. The Morgan fingerprint density at radius 2 is 1.68 bits per heavy atom. The maximum atomic E-state index is 4.45. The molecule has 3 rings (SSSR count). The summed E-state index contributed by atoms with van der Waals surface area (Å²) in [7, 11) is 0. The molecule has 0 unspecified atom stereocenters. The largest absolute Gasteiger partial charge is 0.342 e. The van der Waals surface area contributed by atoms with Crippen molar-refractivity contribution in [3.8, 4) is 11.3 Å². The average Bonchev–Trinajstić information content (AvgIpc) is 2.91. The second-order valence-electron chi connectivity index (χ2n) is 4.77. The first-order valence-electron chi connectivity index (χ1n) is 6.46. The van der Waals surface area contributed by atoms with Crippen molar-refractivity contribution >= 4 is 0 Å². The van der Waals surface area contributed by atoms with Crippen LogP contribution in [-0.4, -0.2) is 9.97 Å². The number of H-pyrrole nitrogens is 1. The number of aryl methyl sites for hydroxylation is 1. The van der Waals surface area contributed by atoms with E-state index in [1.165, 1.54) is 16.7 Å². The Morgan fingerprint density at radius 3 is 2.42 bits per heavy atom. The smallest absolute Gasteiger partial charge is 0.110 e. The first kappa shape index (κ1) is 11.7. The van der Waals surface area contributed by atoms with E-state index in [4.69, 9.17) is 0 Å². The van der Waals surface area contributed by atoms with Gasteiger partial charge in [-0.25, -0.2) is 4.98 Å². The highest BCUT2D eigenvalue weighted by Gasteiger charge is 2.03. The molecule has 2 nitrogen and oxygen atoms in total. The lowest BCUT2D eigenvalue weighted by Crippen LogP contribution is -1.90. The summed E-state index contributed by atoms with van der Waals surface area (Å²) in [6, 6.07) is 18.8. The molecule has 1 heterocycles. The van der Waals surface area contributed by atoms with E-state index >= 15 is 0 Å². The van der Waals surface area contributed by atoms with Gasteiger partial charge in [-0.05, 0) is 18.1 Å². The minimum Gasteiger partial charge on any atom is -0.342 e. The van der Waals surface area contributed by atoms with Crippen LogP contribution in [0, 0.1) is 6.92 Å². The van der Waals surface area contributed by atoms with Crippen LogP contribution in [0.2, 0.25) is 0 Å². The minimum absolute atomic E-state index is 0.840. The molecule has 0 aliphatic rings. The highest BCUT2D eigenvalue weighted by atomic mass is 14.9. The van der Waals surface area contributed by atoms with Gasteiger partial charge < -0.3 is 4.98 Å². The van der Waals surface area contributed by atoms with Crippen LogP contribution in [0.5, 0.6) is 0 Å². The Balaban J connectivity index is 1.80. The van der Waals surface area contributed by atoms with Crippen LogP contribution in [0.15, 0.2) is 60.8 Å². The van der Waals surface area contributed by atoms with Gasteiger partial charge in [-0.3, -0.25) is 0 Å². The summed E-state index contributed by atoms with van der Waals surface area (Å²) in [5, 5.41) is 0. The molecule has 0 aliphatic heterocycles. The zero-order chi connectivity index (χ0) is 13.1. The second kappa shape index (κ2) is 5.11. The molecule has 19 heavy (non-hydrogen) atoms. The third kappa shape index (κ3) is 2.74. The van der Waals surface area contributed by atoms with Gasteiger partial charge in [0.15, 0.2) is 0 Å². The molecule has 0 bridgehead atoms. The predicted molar refractivity (Wildman–Crippen MR) is 78.0 cm³/mol. The average molecular weight is 248 g/mol. The Labute approximate surface area is 113 Å². The van der Waals surface area contributed by atoms with E-state index in [0.717, 1.165) is 17.9 Å². The molecule has 0 saturated carbocycles. The highest BCUT2D eigenvalue weighted by molar-refractivity contribution is 5.58. The summed E-state index contributed by atoms with van der Waals surface area (Å²) >= 11 is 0. The maximum absolute atomic E-state index is 4.45. The van der Waals surface area contributed by atoms with Crippen molar-refractivity contribution in [3.63, 3.8) is 0 Å². The molecule has 94 valence electrons. The number of hydrogen-bond donors (Lipinski definition) is 1. The van der Waals surface area contributed by atoms with Crippen molar-refractivity contribution in [1.82, 2.24) is 9.97 Å². The van der Waals surface area contributed by atoms with E-state index in [-0.39, 0.29) is 0 Å². The maximum Gasteiger partial charge on any atom is 0.110 e. The molecule has 0 saturated heterocycles. The Morgan fingerprint density at radius 1 is 0.947 bits per heavy atom. The van der Waals surface area contributed by atoms with E-state index in [0.29, 0.717) is 0 Å². The van der Waals surface area contributed by atoms with Crippen molar-refractivity contribution in [2.75, 3.05) is 0 Å². The predicted octanol–water partition coefficient (Wildman–Crippen LogP) is 3.98. The lowest BCUT2D eigenvalue weighted by molar-refractivity contribution is 1.03. The summed E-state index contributed by atoms with van der Waals surface area (Å²) in [6.45, 7) is 2.10. The van der Waals surface area contributed by atoms with Crippen molar-refractivity contribution in [2.24, 2.45) is 0 Å². The lowest BCUT2D eigenvalue weighted by Gasteiger charge is -1.99. The van der Waals surface area contributed by atoms with Crippen molar-refractivity contribution < 1.29 is 0 Å². The molecule has 1 N–H and O–H groups in total. The fourth-order valence-corrected chi connectivity index (χ4v) is 2.12. The monoisotopic (exact) mass is 248 g/mol. The molecule has 0 spiro atoms.